The van der Waals surface area contributed by atoms with Crippen LogP contribution in [0, 0.1) is 0 Å². The van der Waals surface area contributed by atoms with Gasteiger partial charge in [-0.15, -0.1) is 12.4 Å². The van der Waals surface area contributed by atoms with Crippen molar-refractivity contribution in [2.45, 2.75) is 41.5 Å². The van der Waals surface area contributed by atoms with Gasteiger partial charge in [0.1, 0.15) is 0 Å². The highest BCUT2D eigenvalue weighted by Gasteiger charge is 2.64. The molecule has 2 aliphatic rings. The molecule has 14 heteroatoms. The van der Waals surface area contributed by atoms with E-state index in [0.29, 0.717) is 24.3 Å². The van der Waals surface area contributed by atoms with E-state index >= 15 is 0 Å². The predicted octanol–water partition coefficient (Wildman–Crippen LogP) is 3.42. The Morgan fingerprint density at radius 1 is 1.22 bits per heavy atom. The molecule has 208 valence electrons. The van der Waals surface area contributed by atoms with E-state index in [4.69, 9.17) is 4.74 Å². The van der Waals surface area contributed by atoms with E-state index in [-0.39, 0.29) is 38.3 Å². The number of hydrogen-bond acceptors (Lipinski definition) is 7. The normalized spacial score (nSPS) is 22.3. The second-order valence-corrected chi connectivity index (χ2v) is 11.1. The van der Waals surface area contributed by atoms with Gasteiger partial charge in [-0.25, -0.2) is 22.7 Å². The second-order valence-electron chi connectivity index (χ2n) is 8.61. The van der Waals surface area contributed by atoms with Crippen LogP contribution in [-0.4, -0.2) is 80.0 Å². The van der Waals surface area contributed by atoms with Crippen LogP contribution >= 0.6 is 12.4 Å². The molecular weight excluding hydrogens is 544 g/mol. The van der Waals surface area contributed by atoms with Crippen LogP contribution in [0.2, 0.25) is 0 Å². The SMILES string of the molecule is COCCN1CCC(C(=O)NO)(S(=O)(=O)C2(OC(F)(F)C(F)F)C=CC(c3ccccc3)=CC2)CC1.Cl. The number of alkyl halides is 4. The number of likely N-dealkylation sites (tertiary alicyclic amines) is 1. The number of amides is 1. The van der Waals surface area contributed by atoms with Gasteiger partial charge in [0.15, 0.2) is 19.5 Å². The van der Waals surface area contributed by atoms with Gasteiger partial charge in [0.2, 0.25) is 0 Å². The standard InChI is InChI=1S/C23H28F4N2O6S.ClH/c1-34-16-15-29-13-11-21(12-14-29,20(30)28-31)36(32,33)22(35-23(26,27)19(24)25)9-7-18(8-10-22)17-5-3-2-4-6-17;/h2-9,19,31H,10-16H2,1H3,(H,28,30);1H. The smallest absolute Gasteiger partial charge is 0.383 e. The van der Waals surface area contributed by atoms with Gasteiger partial charge in [0, 0.05) is 33.2 Å². The monoisotopic (exact) mass is 572 g/mol. The molecule has 1 heterocycles. The van der Waals surface area contributed by atoms with Crippen LogP contribution < -0.4 is 5.48 Å². The molecule has 0 spiro atoms. The Hall–Kier alpha value is -2.03. The molecule has 8 nitrogen and oxygen atoms in total. The van der Waals surface area contributed by atoms with Gasteiger partial charge >= 0.3 is 12.5 Å². The summed E-state index contributed by atoms with van der Waals surface area (Å²) in [5.74, 6) is -1.34. The third kappa shape index (κ3) is 6.02. The number of benzene rings is 1. The average Bonchev–Trinajstić information content (AvgIpc) is 2.87. The molecule has 1 fully saturated rings. The number of nitrogens with zero attached hydrogens (tertiary/aromatic N) is 1. The number of piperidine rings is 1. The highest BCUT2D eigenvalue weighted by atomic mass is 35.5. The van der Waals surface area contributed by atoms with Crippen LogP contribution in [0.1, 0.15) is 24.8 Å². The van der Waals surface area contributed by atoms with Gasteiger partial charge in [-0.3, -0.25) is 14.7 Å². The number of carbonyl (C=O) groups excluding carboxylic acids is 1. The van der Waals surface area contributed by atoms with Crippen molar-refractivity contribution in [3.8, 4) is 0 Å². The maximum Gasteiger partial charge on any atom is 0.418 e. The molecule has 0 aromatic heterocycles. The molecule has 1 aliphatic heterocycles. The van der Waals surface area contributed by atoms with Crippen molar-refractivity contribution in [1.82, 2.24) is 10.4 Å². The fraction of sp³-hybridized carbons (Fsp3) is 0.522. The summed E-state index contributed by atoms with van der Waals surface area (Å²) >= 11 is 0. The number of hydrogen-bond donors (Lipinski definition) is 2. The number of methoxy groups -OCH3 is 1. The van der Waals surface area contributed by atoms with E-state index in [9.17, 15) is 36.0 Å². The number of rotatable bonds is 10. The van der Waals surface area contributed by atoms with E-state index in [0.717, 1.165) is 6.08 Å². The minimum Gasteiger partial charge on any atom is -0.383 e. The maximum atomic E-state index is 14.2. The van der Waals surface area contributed by atoms with Gasteiger partial charge in [-0.05, 0) is 30.1 Å². The second kappa shape index (κ2) is 12.2. The fourth-order valence-electron chi connectivity index (χ4n) is 4.46. The minimum absolute atomic E-state index is 0. The van der Waals surface area contributed by atoms with Crippen LogP contribution in [0.4, 0.5) is 17.6 Å². The van der Waals surface area contributed by atoms with Crippen LogP contribution in [0.3, 0.4) is 0 Å². The number of ether oxygens (including phenoxy) is 2. The average molecular weight is 573 g/mol. The van der Waals surface area contributed by atoms with Gasteiger partial charge in [-0.2, -0.15) is 8.78 Å². The van der Waals surface area contributed by atoms with Crippen LogP contribution in [0.15, 0.2) is 48.6 Å². The van der Waals surface area contributed by atoms with Gasteiger partial charge in [0.25, 0.3) is 5.91 Å². The molecule has 0 saturated carbocycles. The van der Waals surface area contributed by atoms with Crippen molar-refractivity contribution < 1.29 is 45.5 Å². The van der Waals surface area contributed by atoms with E-state index < -0.39 is 44.4 Å². The Balaban J connectivity index is 0.00000481. The summed E-state index contributed by atoms with van der Waals surface area (Å²) in [6.45, 7) is 0.843. The number of hydroxylamine groups is 1. The molecule has 1 unspecified atom stereocenters. The lowest BCUT2D eigenvalue weighted by Crippen LogP contribution is -2.64. The van der Waals surface area contributed by atoms with E-state index in [1.807, 2.05) is 0 Å². The number of sulfone groups is 1. The Bertz CT molecular complexity index is 1100. The molecule has 37 heavy (non-hydrogen) atoms. The van der Waals surface area contributed by atoms with Gasteiger partial charge in [0.05, 0.1) is 6.61 Å². The Labute approximate surface area is 218 Å². The molecule has 3 rings (SSSR count). The van der Waals surface area contributed by atoms with Crippen LogP contribution in [-0.2, 0) is 24.1 Å². The lowest BCUT2D eigenvalue weighted by Gasteiger charge is -2.45. The first-order chi connectivity index (χ1) is 16.9. The summed E-state index contributed by atoms with van der Waals surface area (Å²) in [6.07, 6.45) is -7.73. The minimum atomic E-state index is -5.13. The summed E-state index contributed by atoms with van der Waals surface area (Å²) in [4.78, 5) is 11.6. The molecule has 1 atom stereocenters. The zero-order valence-corrected chi connectivity index (χ0v) is 21.5. The van der Waals surface area contributed by atoms with E-state index in [1.165, 1.54) is 24.7 Å². The third-order valence-corrected chi connectivity index (χ3v) is 9.47. The van der Waals surface area contributed by atoms with Crippen molar-refractivity contribution in [2.24, 2.45) is 0 Å². The number of halogens is 5. The van der Waals surface area contributed by atoms with Crippen molar-refractivity contribution in [3.63, 3.8) is 0 Å². The molecule has 1 amide bonds. The number of allylic oxidation sites excluding steroid dienone is 2. The lowest BCUT2D eigenvalue weighted by atomic mass is 9.94. The van der Waals surface area contributed by atoms with Gasteiger partial charge < -0.3 is 9.64 Å². The summed E-state index contributed by atoms with van der Waals surface area (Å²) in [7, 11) is -3.65. The molecule has 2 N–H and O–H groups in total. The van der Waals surface area contributed by atoms with Crippen molar-refractivity contribution >= 4 is 33.7 Å². The first kappa shape index (κ1) is 31.2. The Morgan fingerprint density at radius 3 is 2.32 bits per heavy atom. The Morgan fingerprint density at radius 2 is 1.84 bits per heavy atom. The summed E-state index contributed by atoms with van der Waals surface area (Å²) in [6, 6.07) is 8.56. The maximum absolute atomic E-state index is 14.2. The first-order valence-electron chi connectivity index (χ1n) is 11.2. The van der Waals surface area contributed by atoms with Crippen LogP contribution in [0.5, 0.6) is 0 Å². The topological polar surface area (TPSA) is 105 Å². The number of carbonyl (C=O) groups is 1. The molecule has 1 aliphatic carbocycles. The van der Waals surface area contributed by atoms with Gasteiger partial charge in [-0.1, -0.05) is 42.5 Å². The van der Waals surface area contributed by atoms with Crippen molar-refractivity contribution in [2.75, 3.05) is 33.4 Å². The molecule has 0 bridgehead atoms. The lowest BCUT2D eigenvalue weighted by molar-refractivity contribution is -0.319. The summed E-state index contributed by atoms with van der Waals surface area (Å²) in [5, 5.41) is 9.38. The molecule has 0 radical (unpaired) electrons. The summed E-state index contributed by atoms with van der Waals surface area (Å²) < 4.78 is 89.9. The van der Waals surface area contributed by atoms with E-state index in [2.05, 4.69) is 4.74 Å². The molecular formula is C23H29ClF4N2O6S. The largest absolute Gasteiger partial charge is 0.418 e. The third-order valence-electron chi connectivity index (χ3n) is 6.55. The van der Waals surface area contributed by atoms with Crippen molar-refractivity contribution in [3.05, 3.63) is 54.1 Å². The molecule has 1 saturated heterocycles. The number of nitrogens with one attached hydrogen (secondary N) is 1. The zero-order chi connectivity index (χ0) is 26.6. The summed E-state index contributed by atoms with van der Waals surface area (Å²) in [5.41, 5.74) is 2.42. The first-order valence-corrected chi connectivity index (χ1v) is 12.6. The quantitative estimate of drug-likeness (QED) is 0.251. The molecule has 1 aromatic carbocycles. The van der Waals surface area contributed by atoms with Crippen LogP contribution in [0.25, 0.3) is 5.57 Å². The fourth-order valence-corrected chi connectivity index (χ4v) is 6.90. The zero-order valence-electron chi connectivity index (χ0n) is 19.9. The predicted molar refractivity (Wildman–Crippen MR) is 129 cm³/mol. The van der Waals surface area contributed by atoms with E-state index in [1.54, 1.807) is 35.2 Å². The Kier molecular flexibility index (Phi) is 10.3. The highest BCUT2D eigenvalue weighted by Crippen LogP contribution is 2.47. The molecule has 1 aromatic rings. The highest BCUT2D eigenvalue weighted by molar-refractivity contribution is 7.95. The van der Waals surface area contributed by atoms with Crippen molar-refractivity contribution in [1.29, 1.82) is 0 Å².